The Balaban J connectivity index is 2.42. The Morgan fingerprint density at radius 1 is 1.37 bits per heavy atom. The Kier molecular flexibility index (Phi) is 5.21. The SMILES string of the molecule is CN(C)c1cccc(OCCCC(C)(C)C(=O)O)c1. The molecule has 1 aromatic rings. The highest BCUT2D eigenvalue weighted by atomic mass is 16.5. The average molecular weight is 265 g/mol. The standard InChI is InChI=1S/C15H23NO3/c1-15(2,14(17)18)9-6-10-19-13-8-5-7-12(11-13)16(3)4/h5,7-8,11H,6,9-10H2,1-4H3,(H,17,18). The second-order valence-corrected chi connectivity index (χ2v) is 5.53. The van der Waals surface area contributed by atoms with Crippen LogP contribution in [0, 0.1) is 5.41 Å². The fourth-order valence-corrected chi connectivity index (χ4v) is 1.66. The van der Waals surface area contributed by atoms with E-state index < -0.39 is 11.4 Å². The number of hydrogen-bond donors (Lipinski definition) is 1. The van der Waals surface area contributed by atoms with Crippen LogP contribution in [-0.2, 0) is 4.79 Å². The molecule has 19 heavy (non-hydrogen) atoms. The molecule has 0 aromatic heterocycles. The summed E-state index contributed by atoms with van der Waals surface area (Å²) in [5, 5.41) is 9.01. The molecule has 4 heteroatoms. The normalized spacial score (nSPS) is 11.2. The van der Waals surface area contributed by atoms with Gasteiger partial charge in [0.1, 0.15) is 5.75 Å². The van der Waals surface area contributed by atoms with Crippen LogP contribution in [-0.4, -0.2) is 31.8 Å². The van der Waals surface area contributed by atoms with Gasteiger partial charge < -0.3 is 14.7 Å². The molecule has 0 saturated heterocycles. The summed E-state index contributed by atoms with van der Waals surface area (Å²) in [4.78, 5) is 13.0. The summed E-state index contributed by atoms with van der Waals surface area (Å²) < 4.78 is 5.65. The van der Waals surface area contributed by atoms with Crippen molar-refractivity contribution in [3.05, 3.63) is 24.3 Å². The van der Waals surface area contributed by atoms with Crippen LogP contribution in [0.25, 0.3) is 0 Å². The molecule has 0 fully saturated rings. The van der Waals surface area contributed by atoms with Crippen molar-refractivity contribution in [3.63, 3.8) is 0 Å². The van der Waals surface area contributed by atoms with Crippen molar-refractivity contribution in [2.24, 2.45) is 5.41 Å². The lowest BCUT2D eigenvalue weighted by Gasteiger charge is -2.19. The molecule has 0 heterocycles. The smallest absolute Gasteiger partial charge is 0.309 e. The number of carbonyl (C=O) groups is 1. The van der Waals surface area contributed by atoms with Gasteiger partial charge in [-0.2, -0.15) is 0 Å². The molecule has 106 valence electrons. The van der Waals surface area contributed by atoms with E-state index in [1.807, 2.05) is 43.3 Å². The molecule has 1 N–H and O–H groups in total. The fraction of sp³-hybridized carbons (Fsp3) is 0.533. The number of carboxylic acid groups (broad SMARTS) is 1. The third kappa shape index (κ3) is 4.81. The number of ether oxygens (including phenoxy) is 1. The molecule has 0 aliphatic heterocycles. The fourth-order valence-electron chi connectivity index (χ4n) is 1.66. The first-order valence-corrected chi connectivity index (χ1v) is 6.46. The van der Waals surface area contributed by atoms with Crippen LogP contribution in [0.4, 0.5) is 5.69 Å². The van der Waals surface area contributed by atoms with Gasteiger partial charge in [0.05, 0.1) is 12.0 Å². The molecule has 1 aromatic carbocycles. The van der Waals surface area contributed by atoms with E-state index in [-0.39, 0.29) is 0 Å². The first kappa shape index (κ1) is 15.3. The van der Waals surface area contributed by atoms with E-state index in [4.69, 9.17) is 9.84 Å². The van der Waals surface area contributed by atoms with Crippen LogP contribution < -0.4 is 9.64 Å². The van der Waals surface area contributed by atoms with E-state index in [0.717, 1.165) is 17.9 Å². The van der Waals surface area contributed by atoms with Crippen LogP contribution in [0.3, 0.4) is 0 Å². The number of benzene rings is 1. The molecule has 4 nitrogen and oxygen atoms in total. The van der Waals surface area contributed by atoms with Crippen molar-refractivity contribution >= 4 is 11.7 Å². The van der Waals surface area contributed by atoms with Crippen molar-refractivity contribution in [3.8, 4) is 5.75 Å². The van der Waals surface area contributed by atoms with Gasteiger partial charge in [-0.15, -0.1) is 0 Å². The van der Waals surface area contributed by atoms with Gasteiger partial charge in [-0.3, -0.25) is 4.79 Å². The van der Waals surface area contributed by atoms with E-state index in [0.29, 0.717) is 13.0 Å². The Hall–Kier alpha value is -1.71. The third-order valence-corrected chi connectivity index (χ3v) is 3.13. The second-order valence-electron chi connectivity index (χ2n) is 5.53. The van der Waals surface area contributed by atoms with Crippen molar-refractivity contribution in [1.82, 2.24) is 0 Å². The maximum Gasteiger partial charge on any atom is 0.309 e. The lowest BCUT2D eigenvalue weighted by molar-refractivity contribution is -0.147. The van der Waals surface area contributed by atoms with Gasteiger partial charge in [-0.1, -0.05) is 6.07 Å². The highest BCUT2D eigenvalue weighted by Gasteiger charge is 2.26. The van der Waals surface area contributed by atoms with Gasteiger partial charge in [0.25, 0.3) is 0 Å². The molecule has 0 bridgehead atoms. The van der Waals surface area contributed by atoms with Gasteiger partial charge in [-0.05, 0) is 38.8 Å². The molecule has 0 unspecified atom stereocenters. The summed E-state index contributed by atoms with van der Waals surface area (Å²) in [7, 11) is 3.96. The lowest BCUT2D eigenvalue weighted by Crippen LogP contribution is -2.24. The number of nitrogens with zero attached hydrogens (tertiary/aromatic N) is 1. The van der Waals surface area contributed by atoms with Crippen LogP contribution >= 0.6 is 0 Å². The van der Waals surface area contributed by atoms with Gasteiger partial charge in [0.15, 0.2) is 0 Å². The van der Waals surface area contributed by atoms with E-state index in [1.54, 1.807) is 13.8 Å². The number of hydrogen-bond acceptors (Lipinski definition) is 3. The highest BCUT2D eigenvalue weighted by Crippen LogP contribution is 2.23. The van der Waals surface area contributed by atoms with E-state index in [2.05, 4.69) is 0 Å². The van der Waals surface area contributed by atoms with Crippen LogP contribution in [0.5, 0.6) is 5.75 Å². The van der Waals surface area contributed by atoms with Gasteiger partial charge in [-0.25, -0.2) is 0 Å². The molecular formula is C15H23NO3. The quantitative estimate of drug-likeness (QED) is 0.770. The maximum atomic E-state index is 11.0. The van der Waals surface area contributed by atoms with E-state index in [9.17, 15) is 4.79 Å². The Labute approximate surface area is 115 Å². The second kappa shape index (κ2) is 6.45. The predicted octanol–water partition coefficient (Wildman–Crippen LogP) is 3.02. The molecule has 1 rings (SSSR count). The first-order valence-electron chi connectivity index (χ1n) is 6.46. The minimum Gasteiger partial charge on any atom is -0.494 e. The largest absolute Gasteiger partial charge is 0.494 e. The van der Waals surface area contributed by atoms with E-state index in [1.165, 1.54) is 0 Å². The number of aliphatic carboxylic acids is 1. The van der Waals surface area contributed by atoms with Crippen LogP contribution in [0.1, 0.15) is 26.7 Å². The summed E-state index contributed by atoms with van der Waals surface area (Å²) >= 11 is 0. The summed E-state index contributed by atoms with van der Waals surface area (Å²) in [6.45, 7) is 4.01. The minimum atomic E-state index is -0.762. The Bertz CT molecular complexity index is 427. The van der Waals surface area contributed by atoms with Crippen molar-refractivity contribution < 1.29 is 14.6 Å². The molecule has 0 atom stereocenters. The first-order chi connectivity index (χ1) is 8.83. The topological polar surface area (TPSA) is 49.8 Å². The van der Waals surface area contributed by atoms with E-state index >= 15 is 0 Å². The van der Waals surface area contributed by atoms with Crippen molar-refractivity contribution in [1.29, 1.82) is 0 Å². The monoisotopic (exact) mass is 265 g/mol. The summed E-state index contributed by atoms with van der Waals surface area (Å²) in [6.07, 6.45) is 1.33. The molecular weight excluding hydrogens is 242 g/mol. The third-order valence-electron chi connectivity index (χ3n) is 3.13. The maximum absolute atomic E-state index is 11.0. The van der Waals surface area contributed by atoms with Gasteiger partial charge in [0, 0.05) is 25.8 Å². The molecule has 0 aliphatic carbocycles. The number of carboxylic acids is 1. The predicted molar refractivity (Wildman–Crippen MR) is 76.9 cm³/mol. The summed E-state index contributed by atoms with van der Waals surface area (Å²) in [5.74, 6) is 0.0569. The Morgan fingerprint density at radius 2 is 2.05 bits per heavy atom. The van der Waals surface area contributed by atoms with Crippen LogP contribution in [0.15, 0.2) is 24.3 Å². The van der Waals surface area contributed by atoms with Crippen molar-refractivity contribution in [2.75, 3.05) is 25.6 Å². The number of rotatable bonds is 7. The van der Waals surface area contributed by atoms with Gasteiger partial charge >= 0.3 is 5.97 Å². The lowest BCUT2D eigenvalue weighted by atomic mass is 9.88. The zero-order valence-corrected chi connectivity index (χ0v) is 12.1. The summed E-state index contributed by atoms with van der Waals surface area (Å²) in [5.41, 5.74) is 0.401. The zero-order valence-electron chi connectivity index (χ0n) is 12.1. The Morgan fingerprint density at radius 3 is 2.63 bits per heavy atom. The molecule has 0 amide bonds. The van der Waals surface area contributed by atoms with Gasteiger partial charge in [0.2, 0.25) is 0 Å². The zero-order chi connectivity index (χ0) is 14.5. The number of anilines is 1. The summed E-state index contributed by atoms with van der Waals surface area (Å²) in [6, 6.07) is 7.85. The van der Waals surface area contributed by atoms with Crippen LogP contribution in [0.2, 0.25) is 0 Å². The van der Waals surface area contributed by atoms with Crippen molar-refractivity contribution in [2.45, 2.75) is 26.7 Å². The highest BCUT2D eigenvalue weighted by molar-refractivity contribution is 5.73. The molecule has 0 radical (unpaired) electrons. The molecule has 0 aliphatic rings. The minimum absolute atomic E-state index is 0.535. The molecule has 0 saturated carbocycles. The molecule has 0 spiro atoms. The average Bonchev–Trinajstić information content (AvgIpc) is 2.35.